The number of pyridine rings is 1. The molecule has 19 heavy (non-hydrogen) atoms. The Balaban J connectivity index is 0.00000180. The van der Waals surface area contributed by atoms with E-state index in [0.29, 0.717) is 29.0 Å². The number of amides is 1. The summed E-state index contributed by atoms with van der Waals surface area (Å²) in [5.41, 5.74) is 0. The molecule has 0 aliphatic carbocycles. The Morgan fingerprint density at radius 2 is 2.16 bits per heavy atom. The molecule has 0 bridgehead atoms. The molecule has 1 amide bonds. The van der Waals surface area contributed by atoms with Crippen molar-refractivity contribution in [2.75, 3.05) is 31.5 Å². The van der Waals surface area contributed by atoms with Crippen LogP contribution in [0, 0.1) is 5.92 Å². The van der Waals surface area contributed by atoms with Gasteiger partial charge in [-0.1, -0.05) is 23.2 Å². The Labute approximate surface area is 127 Å². The molecule has 1 fully saturated rings. The highest BCUT2D eigenvalue weighted by Crippen LogP contribution is 2.21. The van der Waals surface area contributed by atoms with E-state index in [-0.39, 0.29) is 24.2 Å². The van der Waals surface area contributed by atoms with Crippen molar-refractivity contribution in [1.82, 2.24) is 15.6 Å². The minimum absolute atomic E-state index is 0. The standard InChI is InChI=1S/C11H14Cl2N4O.ClH/c12-8-3-9(13)10(17-6-8)15-1-2-16-11(18)7-4-14-5-7;/h3,6-7,14H,1-2,4-5H2,(H,15,17)(H,16,18);1H. The van der Waals surface area contributed by atoms with Crippen LogP contribution in [-0.2, 0) is 4.79 Å². The van der Waals surface area contributed by atoms with Gasteiger partial charge in [0.2, 0.25) is 5.91 Å². The first kappa shape index (κ1) is 16.3. The van der Waals surface area contributed by atoms with Gasteiger partial charge in [-0.2, -0.15) is 0 Å². The van der Waals surface area contributed by atoms with Gasteiger partial charge in [0.25, 0.3) is 0 Å². The van der Waals surface area contributed by atoms with Crippen LogP contribution in [0.4, 0.5) is 5.82 Å². The fourth-order valence-electron chi connectivity index (χ4n) is 1.53. The fourth-order valence-corrected chi connectivity index (χ4v) is 1.98. The van der Waals surface area contributed by atoms with Crippen LogP contribution in [0.1, 0.15) is 0 Å². The van der Waals surface area contributed by atoms with Gasteiger partial charge < -0.3 is 16.0 Å². The molecule has 1 saturated heterocycles. The topological polar surface area (TPSA) is 66.0 Å². The third kappa shape index (κ3) is 4.69. The lowest BCUT2D eigenvalue weighted by Gasteiger charge is -2.25. The van der Waals surface area contributed by atoms with Crippen molar-refractivity contribution < 1.29 is 4.79 Å². The lowest BCUT2D eigenvalue weighted by Crippen LogP contribution is -2.51. The highest BCUT2D eigenvalue weighted by Gasteiger charge is 2.23. The lowest BCUT2D eigenvalue weighted by atomic mass is 10.0. The molecule has 1 aromatic rings. The minimum atomic E-state index is 0. The Bertz CT molecular complexity index is 440. The highest BCUT2D eigenvalue weighted by atomic mass is 35.5. The summed E-state index contributed by atoms with van der Waals surface area (Å²) in [4.78, 5) is 15.6. The third-order valence-electron chi connectivity index (χ3n) is 2.68. The van der Waals surface area contributed by atoms with Gasteiger partial charge in [-0.25, -0.2) is 4.98 Å². The van der Waals surface area contributed by atoms with Gasteiger partial charge in [-0.05, 0) is 6.07 Å². The summed E-state index contributed by atoms with van der Waals surface area (Å²) in [6.45, 7) is 2.64. The van der Waals surface area contributed by atoms with Gasteiger partial charge in [-0.15, -0.1) is 12.4 Å². The number of aromatic nitrogens is 1. The summed E-state index contributed by atoms with van der Waals surface area (Å²) in [5, 5.41) is 9.91. The summed E-state index contributed by atoms with van der Waals surface area (Å²) in [6.07, 6.45) is 1.52. The van der Waals surface area contributed by atoms with E-state index in [2.05, 4.69) is 20.9 Å². The lowest BCUT2D eigenvalue weighted by molar-refractivity contribution is -0.126. The molecule has 0 radical (unpaired) electrons. The van der Waals surface area contributed by atoms with E-state index in [0.717, 1.165) is 13.1 Å². The molecular weight excluding hydrogens is 311 g/mol. The molecule has 1 aromatic heterocycles. The Morgan fingerprint density at radius 3 is 2.74 bits per heavy atom. The van der Waals surface area contributed by atoms with Crippen LogP contribution >= 0.6 is 35.6 Å². The number of hydrogen-bond acceptors (Lipinski definition) is 4. The van der Waals surface area contributed by atoms with E-state index in [1.54, 1.807) is 6.07 Å². The second-order valence-corrected chi connectivity index (χ2v) is 4.90. The number of anilines is 1. The van der Waals surface area contributed by atoms with Gasteiger partial charge >= 0.3 is 0 Å². The Kier molecular flexibility index (Phi) is 6.65. The van der Waals surface area contributed by atoms with Crippen molar-refractivity contribution in [3.8, 4) is 0 Å². The quantitative estimate of drug-likeness (QED) is 0.719. The van der Waals surface area contributed by atoms with E-state index in [4.69, 9.17) is 23.2 Å². The first-order valence-corrected chi connectivity index (χ1v) is 6.46. The van der Waals surface area contributed by atoms with Crippen LogP contribution in [0.15, 0.2) is 12.3 Å². The van der Waals surface area contributed by atoms with Crippen molar-refractivity contribution in [3.63, 3.8) is 0 Å². The zero-order valence-corrected chi connectivity index (χ0v) is 12.4. The molecule has 0 unspecified atom stereocenters. The van der Waals surface area contributed by atoms with Gasteiger partial charge in [0.1, 0.15) is 5.82 Å². The van der Waals surface area contributed by atoms with E-state index in [9.17, 15) is 4.79 Å². The van der Waals surface area contributed by atoms with Gasteiger partial charge in [0.05, 0.1) is 16.0 Å². The molecular formula is C11H15Cl3N4O. The van der Waals surface area contributed by atoms with E-state index < -0.39 is 0 Å². The van der Waals surface area contributed by atoms with Crippen LogP contribution in [-0.4, -0.2) is 37.1 Å². The van der Waals surface area contributed by atoms with Gasteiger partial charge in [0, 0.05) is 32.4 Å². The number of carbonyl (C=O) groups is 1. The van der Waals surface area contributed by atoms with Crippen molar-refractivity contribution >= 4 is 47.3 Å². The van der Waals surface area contributed by atoms with Crippen LogP contribution in [0.3, 0.4) is 0 Å². The molecule has 0 spiro atoms. The largest absolute Gasteiger partial charge is 0.367 e. The van der Waals surface area contributed by atoms with Crippen molar-refractivity contribution in [2.45, 2.75) is 0 Å². The Morgan fingerprint density at radius 1 is 1.42 bits per heavy atom. The first-order valence-electron chi connectivity index (χ1n) is 5.70. The molecule has 8 heteroatoms. The number of hydrogen-bond donors (Lipinski definition) is 3. The molecule has 2 heterocycles. The summed E-state index contributed by atoms with van der Waals surface area (Å²) < 4.78 is 0. The predicted octanol–water partition coefficient (Wildman–Crippen LogP) is 1.56. The van der Waals surface area contributed by atoms with Gasteiger partial charge in [0.15, 0.2) is 0 Å². The van der Waals surface area contributed by atoms with Crippen LogP contribution in [0.5, 0.6) is 0 Å². The molecule has 3 N–H and O–H groups in total. The summed E-state index contributed by atoms with van der Waals surface area (Å²) in [7, 11) is 0. The molecule has 1 aliphatic heterocycles. The Hall–Kier alpha value is -0.750. The molecule has 0 aromatic carbocycles. The van der Waals surface area contributed by atoms with Crippen LogP contribution in [0.2, 0.25) is 10.0 Å². The molecule has 106 valence electrons. The normalized spacial score (nSPS) is 14.2. The van der Waals surface area contributed by atoms with E-state index in [1.165, 1.54) is 6.20 Å². The van der Waals surface area contributed by atoms with Crippen molar-refractivity contribution in [1.29, 1.82) is 0 Å². The summed E-state index contributed by atoms with van der Waals surface area (Å²) in [6, 6.07) is 1.62. The van der Waals surface area contributed by atoms with E-state index in [1.807, 2.05) is 0 Å². The van der Waals surface area contributed by atoms with E-state index >= 15 is 0 Å². The van der Waals surface area contributed by atoms with Crippen molar-refractivity contribution in [2.24, 2.45) is 5.92 Å². The number of halogens is 3. The highest BCUT2D eigenvalue weighted by molar-refractivity contribution is 6.35. The minimum Gasteiger partial charge on any atom is -0.367 e. The zero-order valence-electron chi connectivity index (χ0n) is 10.1. The third-order valence-corrected chi connectivity index (χ3v) is 3.17. The summed E-state index contributed by atoms with van der Waals surface area (Å²) >= 11 is 11.7. The number of nitrogens with zero attached hydrogens (tertiary/aromatic N) is 1. The second-order valence-electron chi connectivity index (χ2n) is 4.06. The second kappa shape index (κ2) is 7.75. The number of rotatable bonds is 5. The average molecular weight is 326 g/mol. The summed E-state index contributed by atoms with van der Waals surface area (Å²) in [5.74, 6) is 0.772. The number of nitrogens with one attached hydrogen (secondary N) is 3. The smallest absolute Gasteiger partial charge is 0.225 e. The van der Waals surface area contributed by atoms with Crippen molar-refractivity contribution in [3.05, 3.63) is 22.3 Å². The van der Waals surface area contributed by atoms with Crippen LogP contribution in [0.25, 0.3) is 0 Å². The maximum atomic E-state index is 11.5. The predicted molar refractivity (Wildman–Crippen MR) is 79.4 cm³/mol. The zero-order chi connectivity index (χ0) is 13.0. The fraction of sp³-hybridized carbons (Fsp3) is 0.455. The molecule has 0 atom stereocenters. The first-order chi connectivity index (χ1) is 8.66. The maximum Gasteiger partial charge on any atom is 0.225 e. The maximum absolute atomic E-state index is 11.5. The average Bonchev–Trinajstić information content (AvgIpc) is 2.24. The van der Waals surface area contributed by atoms with Gasteiger partial charge in [-0.3, -0.25) is 4.79 Å². The van der Waals surface area contributed by atoms with Crippen LogP contribution < -0.4 is 16.0 Å². The SMILES string of the molecule is Cl.O=C(NCCNc1ncc(Cl)cc1Cl)C1CNC1. The molecule has 1 aliphatic rings. The molecule has 5 nitrogen and oxygen atoms in total. The monoisotopic (exact) mass is 324 g/mol. The molecule has 2 rings (SSSR count). The molecule has 0 saturated carbocycles. The number of carbonyl (C=O) groups excluding carboxylic acids is 1.